The van der Waals surface area contributed by atoms with Crippen LogP contribution < -0.4 is 4.74 Å². The maximum Gasteiger partial charge on any atom is 0.263 e. The number of hydrogen-bond acceptors (Lipinski definition) is 2. The Labute approximate surface area is 115 Å². The highest BCUT2D eigenvalue weighted by Gasteiger charge is 2.23. The van der Waals surface area contributed by atoms with E-state index in [-0.39, 0.29) is 5.91 Å². The minimum Gasteiger partial charge on any atom is -0.481 e. The number of aryl methyl sites for hydroxylation is 1. The van der Waals surface area contributed by atoms with Crippen LogP contribution in [0.4, 0.5) is 0 Å². The van der Waals surface area contributed by atoms with Gasteiger partial charge in [-0.05, 0) is 44.2 Å². The van der Waals surface area contributed by atoms with Gasteiger partial charge in [0, 0.05) is 13.1 Å². The summed E-state index contributed by atoms with van der Waals surface area (Å²) in [5.74, 6) is 0.952. The van der Waals surface area contributed by atoms with Gasteiger partial charge in [-0.3, -0.25) is 4.79 Å². The molecule has 0 bridgehead atoms. The molecule has 1 aliphatic heterocycles. The van der Waals surface area contributed by atoms with Crippen LogP contribution in [0, 0.1) is 0 Å². The fourth-order valence-electron chi connectivity index (χ4n) is 2.52. The van der Waals surface area contributed by atoms with Gasteiger partial charge in [0.1, 0.15) is 5.75 Å². The Hall–Kier alpha value is -1.51. The number of hydrogen-bond donors (Lipinski definition) is 0. The van der Waals surface area contributed by atoms with E-state index in [2.05, 4.69) is 6.92 Å². The summed E-state index contributed by atoms with van der Waals surface area (Å²) < 4.78 is 5.86. The van der Waals surface area contributed by atoms with Crippen LogP contribution >= 0.6 is 0 Å². The van der Waals surface area contributed by atoms with Crippen molar-refractivity contribution in [3.63, 3.8) is 0 Å². The van der Waals surface area contributed by atoms with Crippen molar-refractivity contribution in [2.24, 2.45) is 0 Å². The maximum absolute atomic E-state index is 12.3. The molecule has 19 heavy (non-hydrogen) atoms. The number of likely N-dealkylation sites (tertiary alicyclic amines) is 1. The maximum atomic E-state index is 12.3. The third kappa shape index (κ3) is 3.49. The SMILES string of the molecule is CCc1ccccc1OC(C)C(=O)N1CCCCC1. The summed E-state index contributed by atoms with van der Waals surface area (Å²) in [4.78, 5) is 14.2. The van der Waals surface area contributed by atoms with E-state index in [1.54, 1.807) is 0 Å². The van der Waals surface area contributed by atoms with Crippen molar-refractivity contribution in [1.29, 1.82) is 0 Å². The van der Waals surface area contributed by atoms with Crippen molar-refractivity contribution in [2.45, 2.75) is 45.6 Å². The molecule has 1 amide bonds. The highest BCUT2D eigenvalue weighted by molar-refractivity contribution is 5.81. The van der Waals surface area contributed by atoms with Gasteiger partial charge in [-0.1, -0.05) is 25.1 Å². The fourth-order valence-corrected chi connectivity index (χ4v) is 2.52. The van der Waals surface area contributed by atoms with Crippen LogP contribution in [0.15, 0.2) is 24.3 Å². The molecule has 0 aliphatic carbocycles. The van der Waals surface area contributed by atoms with Crippen molar-refractivity contribution in [1.82, 2.24) is 4.90 Å². The Morgan fingerprint density at radius 1 is 1.26 bits per heavy atom. The van der Waals surface area contributed by atoms with Gasteiger partial charge < -0.3 is 9.64 Å². The van der Waals surface area contributed by atoms with Crippen molar-refractivity contribution in [3.05, 3.63) is 29.8 Å². The van der Waals surface area contributed by atoms with Gasteiger partial charge in [-0.2, -0.15) is 0 Å². The van der Waals surface area contributed by atoms with Crippen LogP contribution in [-0.2, 0) is 11.2 Å². The summed E-state index contributed by atoms with van der Waals surface area (Å²) in [7, 11) is 0. The highest BCUT2D eigenvalue weighted by Crippen LogP contribution is 2.20. The second-order valence-corrected chi connectivity index (χ2v) is 5.11. The van der Waals surface area contributed by atoms with Crippen molar-refractivity contribution >= 4 is 5.91 Å². The first-order chi connectivity index (χ1) is 9.22. The van der Waals surface area contributed by atoms with E-state index >= 15 is 0 Å². The number of carbonyl (C=O) groups excluding carboxylic acids is 1. The smallest absolute Gasteiger partial charge is 0.263 e. The van der Waals surface area contributed by atoms with E-state index in [1.165, 1.54) is 6.42 Å². The number of para-hydroxylation sites is 1. The summed E-state index contributed by atoms with van der Waals surface area (Å²) in [5.41, 5.74) is 1.15. The molecule has 0 aromatic heterocycles. The topological polar surface area (TPSA) is 29.5 Å². The van der Waals surface area contributed by atoms with E-state index < -0.39 is 6.10 Å². The Morgan fingerprint density at radius 2 is 1.95 bits per heavy atom. The molecule has 1 fully saturated rings. The first-order valence-corrected chi connectivity index (χ1v) is 7.25. The summed E-state index contributed by atoms with van der Waals surface area (Å²) in [6.07, 6.45) is 3.98. The predicted molar refractivity (Wildman–Crippen MR) is 76.3 cm³/mol. The highest BCUT2D eigenvalue weighted by atomic mass is 16.5. The lowest BCUT2D eigenvalue weighted by Gasteiger charge is -2.29. The van der Waals surface area contributed by atoms with Crippen LogP contribution in [0.5, 0.6) is 5.75 Å². The largest absolute Gasteiger partial charge is 0.481 e. The number of carbonyl (C=O) groups is 1. The van der Waals surface area contributed by atoms with Crippen molar-refractivity contribution < 1.29 is 9.53 Å². The average Bonchev–Trinajstić information content (AvgIpc) is 2.48. The third-order valence-corrected chi connectivity index (χ3v) is 3.67. The van der Waals surface area contributed by atoms with Crippen molar-refractivity contribution in [2.75, 3.05) is 13.1 Å². The minimum atomic E-state index is -0.397. The lowest BCUT2D eigenvalue weighted by Crippen LogP contribution is -2.43. The molecule has 2 rings (SSSR count). The Morgan fingerprint density at radius 3 is 2.63 bits per heavy atom. The van der Waals surface area contributed by atoms with Gasteiger partial charge in [-0.15, -0.1) is 0 Å². The predicted octanol–water partition coefficient (Wildman–Crippen LogP) is 3.03. The molecule has 1 saturated heterocycles. The van der Waals surface area contributed by atoms with Crippen LogP contribution in [0.3, 0.4) is 0 Å². The standard InChI is InChI=1S/C16H23NO2/c1-3-14-9-5-6-10-15(14)19-13(2)16(18)17-11-7-4-8-12-17/h5-6,9-10,13H,3-4,7-8,11-12H2,1-2H3. The van der Waals surface area contributed by atoms with Crippen LogP contribution in [0.2, 0.25) is 0 Å². The van der Waals surface area contributed by atoms with Gasteiger partial charge in [0.2, 0.25) is 0 Å². The zero-order valence-electron chi connectivity index (χ0n) is 11.9. The quantitative estimate of drug-likeness (QED) is 0.833. The molecule has 1 aromatic carbocycles. The molecule has 0 saturated carbocycles. The van der Waals surface area contributed by atoms with E-state index in [9.17, 15) is 4.79 Å². The number of amides is 1. The second kappa shape index (κ2) is 6.60. The summed E-state index contributed by atoms with van der Waals surface area (Å²) >= 11 is 0. The number of rotatable bonds is 4. The molecule has 0 radical (unpaired) electrons. The van der Waals surface area contributed by atoms with Crippen LogP contribution in [0.25, 0.3) is 0 Å². The summed E-state index contributed by atoms with van der Waals surface area (Å²) in [6.45, 7) is 5.70. The first kappa shape index (κ1) is 13.9. The zero-order valence-corrected chi connectivity index (χ0v) is 11.9. The van der Waals surface area contributed by atoms with Crippen molar-refractivity contribution in [3.8, 4) is 5.75 Å². The van der Waals surface area contributed by atoms with Gasteiger partial charge in [-0.25, -0.2) is 0 Å². The monoisotopic (exact) mass is 261 g/mol. The summed E-state index contributed by atoms with van der Waals surface area (Å²) in [5, 5.41) is 0. The Kier molecular flexibility index (Phi) is 4.83. The van der Waals surface area contributed by atoms with E-state index in [1.807, 2.05) is 36.1 Å². The summed E-state index contributed by atoms with van der Waals surface area (Å²) in [6, 6.07) is 7.95. The molecule has 1 heterocycles. The average molecular weight is 261 g/mol. The molecule has 104 valence electrons. The van der Waals surface area contributed by atoms with E-state index in [0.717, 1.165) is 43.7 Å². The first-order valence-electron chi connectivity index (χ1n) is 7.25. The minimum absolute atomic E-state index is 0.116. The van der Waals surface area contributed by atoms with E-state index in [0.29, 0.717) is 0 Å². The molecular weight excluding hydrogens is 238 g/mol. The van der Waals surface area contributed by atoms with Gasteiger partial charge in [0.05, 0.1) is 0 Å². The number of ether oxygens (including phenoxy) is 1. The second-order valence-electron chi connectivity index (χ2n) is 5.11. The number of benzene rings is 1. The molecule has 1 atom stereocenters. The van der Waals surface area contributed by atoms with E-state index in [4.69, 9.17) is 4.74 Å². The van der Waals surface area contributed by atoms with Crippen LogP contribution in [0.1, 0.15) is 38.7 Å². The molecule has 0 N–H and O–H groups in total. The molecule has 3 heteroatoms. The number of piperidine rings is 1. The Balaban J connectivity index is 1.99. The molecule has 0 spiro atoms. The number of nitrogens with zero attached hydrogens (tertiary/aromatic N) is 1. The lowest BCUT2D eigenvalue weighted by molar-refractivity contribution is -0.138. The molecule has 1 aromatic rings. The van der Waals surface area contributed by atoms with Crippen LogP contribution in [-0.4, -0.2) is 30.0 Å². The molecule has 3 nitrogen and oxygen atoms in total. The Bertz CT molecular complexity index is 425. The molecular formula is C16H23NO2. The molecule has 1 unspecified atom stereocenters. The zero-order chi connectivity index (χ0) is 13.7. The third-order valence-electron chi connectivity index (χ3n) is 3.67. The lowest BCUT2D eigenvalue weighted by atomic mass is 10.1. The van der Waals surface area contributed by atoms with Gasteiger partial charge >= 0.3 is 0 Å². The van der Waals surface area contributed by atoms with Gasteiger partial charge in [0.15, 0.2) is 6.10 Å². The fraction of sp³-hybridized carbons (Fsp3) is 0.562. The van der Waals surface area contributed by atoms with Gasteiger partial charge in [0.25, 0.3) is 5.91 Å². The molecule has 1 aliphatic rings. The normalized spacial score (nSPS) is 17.1.